The third-order valence-electron chi connectivity index (χ3n) is 4.42. The first-order chi connectivity index (χ1) is 13.2. The highest BCUT2D eigenvalue weighted by atomic mass is 32.1. The van der Waals surface area contributed by atoms with Crippen molar-refractivity contribution in [2.45, 2.75) is 26.9 Å². The summed E-state index contributed by atoms with van der Waals surface area (Å²) in [5.41, 5.74) is 3.94. The number of aryl methyl sites for hydroxylation is 2. The lowest BCUT2D eigenvalue weighted by Crippen LogP contribution is -2.06. The second kappa shape index (κ2) is 7.37. The summed E-state index contributed by atoms with van der Waals surface area (Å²) in [6.07, 6.45) is 2.26. The molecule has 0 unspecified atom stereocenters. The maximum absolute atomic E-state index is 13.0. The van der Waals surface area contributed by atoms with Gasteiger partial charge in [0.1, 0.15) is 29.2 Å². The van der Waals surface area contributed by atoms with Crippen molar-refractivity contribution < 1.29 is 9.15 Å². The first kappa shape index (κ1) is 17.5. The molecule has 0 spiro atoms. The number of hydrogen-bond acceptors (Lipinski definition) is 5. The molecule has 4 nitrogen and oxygen atoms in total. The lowest BCUT2D eigenvalue weighted by atomic mass is 10.1. The first-order valence-corrected chi connectivity index (χ1v) is 9.71. The van der Waals surface area contributed by atoms with Crippen LogP contribution in [0.1, 0.15) is 23.7 Å². The lowest BCUT2D eigenvalue weighted by molar-refractivity contribution is 0.303. The molecule has 0 aliphatic carbocycles. The van der Waals surface area contributed by atoms with E-state index in [1.54, 1.807) is 0 Å². The Morgan fingerprint density at radius 1 is 1.19 bits per heavy atom. The van der Waals surface area contributed by atoms with E-state index in [0.29, 0.717) is 28.1 Å². The summed E-state index contributed by atoms with van der Waals surface area (Å²) in [5.74, 6) is 0.745. The SMILES string of the molecule is CCc1cc2c(=O)c(-c3nc(C)cs3)coc2cc1OCc1ccccc1. The standard InChI is InChI=1S/C22H19NO3S/c1-3-16-9-17-20(10-19(16)25-11-15-7-5-4-6-8-15)26-12-18(21(17)24)22-23-14(2)13-27-22/h4-10,12-13H,3,11H2,1-2H3. The fraction of sp³-hybridized carbons (Fsp3) is 0.182. The Bertz CT molecular complexity index is 1150. The molecule has 0 aliphatic rings. The van der Waals surface area contributed by atoms with Gasteiger partial charge in [-0.05, 0) is 30.5 Å². The molecule has 0 radical (unpaired) electrons. The predicted molar refractivity (Wildman–Crippen MR) is 108 cm³/mol. The van der Waals surface area contributed by atoms with Crippen molar-refractivity contribution >= 4 is 22.3 Å². The summed E-state index contributed by atoms with van der Waals surface area (Å²) in [6.45, 7) is 4.43. The summed E-state index contributed by atoms with van der Waals surface area (Å²) < 4.78 is 11.8. The molecule has 0 fully saturated rings. The van der Waals surface area contributed by atoms with Gasteiger partial charge in [0, 0.05) is 17.1 Å². The molecule has 4 rings (SSSR count). The minimum absolute atomic E-state index is 0.0603. The molecule has 4 aromatic rings. The topological polar surface area (TPSA) is 52.3 Å². The number of hydrogen-bond donors (Lipinski definition) is 0. The second-order valence-electron chi connectivity index (χ2n) is 6.36. The Hall–Kier alpha value is -2.92. The van der Waals surface area contributed by atoms with Crippen LogP contribution in [0.3, 0.4) is 0 Å². The minimum atomic E-state index is -0.0603. The molecular weight excluding hydrogens is 358 g/mol. The Kier molecular flexibility index (Phi) is 4.77. The van der Waals surface area contributed by atoms with Crippen molar-refractivity contribution in [1.82, 2.24) is 4.98 Å². The number of thiazole rings is 1. The fourth-order valence-corrected chi connectivity index (χ4v) is 3.77. The first-order valence-electron chi connectivity index (χ1n) is 8.83. The molecule has 2 aromatic heterocycles. The van der Waals surface area contributed by atoms with Gasteiger partial charge in [-0.25, -0.2) is 4.98 Å². The Labute approximate surface area is 161 Å². The van der Waals surface area contributed by atoms with Crippen molar-refractivity contribution in [2.24, 2.45) is 0 Å². The number of ether oxygens (including phenoxy) is 1. The average Bonchev–Trinajstić information content (AvgIpc) is 3.13. The average molecular weight is 377 g/mol. The van der Waals surface area contributed by atoms with Crippen LogP contribution in [0.2, 0.25) is 0 Å². The van der Waals surface area contributed by atoms with E-state index >= 15 is 0 Å². The van der Waals surface area contributed by atoms with Gasteiger partial charge in [0.2, 0.25) is 5.43 Å². The normalized spacial score (nSPS) is 11.0. The molecule has 0 saturated carbocycles. The smallest absolute Gasteiger partial charge is 0.202 e. The summed E-state index contributed by atoms with van der Waals surface area (Å²) in [5, 5.41) is 3.17. The molecular formula is C22H19NO3S. The second-order valence-corrected chi connectivity index (χ2v) is 7.21. The summed E-state index contributed by atoms with van der Waals surface area (Å²) in [4.78, 5) is 17.4. The highest BCUT2D eigenvalue weighted by molar-refractivity contribution is 7.13. The van der Waals surface area contributed by atoms with E-state index in [1.165, 1.54) is 17.6 Å². The van der Waals surface area contributed by atoms with Gasteiger partial charge < -0.3 is 9.15 Å². The third-order valence-corrected chi connectivity index (χ3v) is 5.42. The maximum atomic E-state index is 13.0. The largest absolute Gasteiger partial charge is 0.488 e. The molecule has 0 saturated heterocycles. The van der Waals surface area contributed by atoms with E-state index in [9.17, 15) is 4.79 Å². The van der Waals surface area contributed by atoms with E-state index in [0.717, 1.165) is 29.0 Å². The summed E-state index contributed by atoms with van der Waals surface area (Å²) >= 11 is 1.45. The Morgan fingerprint density at radius 2 is 2.00 bits per heavy atom. The quantitative estimate of drug-likeness (QED) is 0.469. The van der Waals surface area contributed by atoms with Gasteiger partial charge in [-0.15, -0.1) is 11.3 Å². The van der Waals surface area contributed by atoms with Crippen LogP contribution in [0.4, 0.5) is 0 Å². The molecule has 0 atom stereocenters. The lowest BCUT2D eigenvalue weighted by Gasteiger charge is -2.12. The molecule has 2 aromatic carbocycles. The van der Waals surface area contributed by atoms with Crippen molar-refractivity contribution in [2.75, 3.05) is 0 Å². The van der Waals surface area contributed by atoms with Gasteiger partial charge in [0.15, 0.2) is 0 Å². The predicted octanol–water partition coefficient (Wildman–Crippen LogP) is 5.37. The highest BCUT2D eigenvalue weighted by Crippen LogP contribution is 2.29. The summed E-state index contributed by atoms with van der Waals surface area (Å²) in [7, 11) is 0. The molecule has 0 amide bonds. The van der Waals surface area contributed by atoms with E-state index in [4.69, 9.17) is 9.15 Å². The zero-order chi connectivity index (χ0) is 18.8. The van der Waals surface area contributed by atoms with E-state index in [2.05, 4.69) is 4.98 Å². The van der Waals surface area contributed by atoms with Crippen molar-refractivity contribution in [1.29, 1.82) is 0 Å². The molecule has 0 N–H and O–H groups in total. The fourth-order valence-electron chi connectivity index (χ4n) is 2.97. The zero-order valence-corrected chi connectivity index (χ0v) is 16.0. The van der Waals surface area contributed by atoms with Gasteiger partial charge in [-0.1, -0.05) is 37.3 Å². The van der Waals surface area contributed by atoms with Crippen LogP contribution in [0.25, 0.3) is 21.5 Å². The van der Waals surface area contributed by atoms with E-state index in [-0.39, 0.29) is 5.43 Å². The van der Waals surface area contributed by atoms with Gasteiger partial charge in [0.25, 0.3) is 0 Å². The van der Waals surface area contributed by atoms with Crippen LogP contribution in [0.5, 0.6) is 5.75 Å². The number of aromatic nitrogens is 1. The molecule has 5 heteroatoms. The number of benzene rings is 2. The van der Waals surface area contributed by atoms with E-state index < -0.39 is 0 Å². The van der Waals surface area contributed by atoms with Crippen LogP contribution in [0, 0.1) is 6.92 Å². The third kappa shape index (κ3) is 3.51. The van der Waals surface area contributed by atoms with Crippen LogP contribution < -0.4 is 10.2 Å². The van der Waals surface area contributed by atoms with Crippen LogP contribution in [0.15, 0.2) is 63.3 Å². The monoisotopic (exact) mass is 377 g/mol. The van der Waals surface area contributed by atoms with Gasteiger partial charge in [0.05, 0.1) is 10.9 Å². The molecule has 136 valence electrons. The molecule has 0 bridgehead atoms. The van der Waals surface area contributed by atoms with Crippen LogP contribution >= 0.6 is 11.3 Å². The number of rotatable bonds is 5. The number of nitrogens with zero attached hydrogens (tertiary/aromatic N) is 1. The molecule has 0 aliphatic heterocycles. The van der Waals surface area contributed by atoms with Crippen molar-refractivity contribution in [3.63, 3.8) is 0 Å². The van der Waals surface area contributed by atoms with Gasteiger partial charge in [-0.3, -0.25) is 4.79 Å². The highest BCUT2D eigenvalue weighted by Gasteiger charge is 2.15. The Balaban J connectivity index is 1.74. The van der Waals surface area contributed by atoms with E-state index in [1.807, 2.05) is 61.7 Å². The van der Waals surface area contributed by atoms with Gasteiger partial charge >= 0.3 is 0 Å². The van der Waals surface area contributed by atoms with Crippen molar-refractivity contribution in [3.05, 3.63) is 81.2 Å². The Morgan fingerprint density at radius 3 is 2.70 bits per heavy atom. The van der Waals surface area contributed by atoms with Gasteiger partial charge in [-0.2, -0.15) is 0 Å². The molecule has 2 heterocycles. The van der Waals surface area contributed by atoms with Crippen LogP contribution in [-0.2, 0) is 13.0 Å². The minimum Gasteiger partial charge on any atom is -0.488 e. The zero-order valence-electron chi connectivity index (χ0n) is 15.2. The summed E-state index contributed by atoms with van der Waals surface area (Å²) in [6, 6.07) is 13.7. The molecule has 27 heavy (non-hydrogen) atoms. The number of fused-ring (bicyclic) bond motifs is 1. The van der Waals surface area contributed by atoms with Crippen molar-refractivity contribution in [3.8, 4) is 16.3 Å². The maximum Gasteiger partial charge on any atom is 0.202 e. The van der Waals surface area contributed by atoms with Crippen LogP contribution in [-0.4, -0.2) is 4.98 Å².